The van der Waals surface area contributed by atoms with Gasteiger partial charge in [-0.05, 0) is 41.9 Å². The van der Waals surface area contributed by atoms with Crippen molar-refractivity contribution in [3.63, 3.8) is 0 Å². The molecule has 0 unspecified atom stereocenters. The largest absolute Gasteiger partial charge is 0.822 e. The van der Waals surface area contributed by atoms with Gasteiger partial charge in [-0.1, -0.05) is 66.7 Å². The standard InChI is InChI=1S/C27H23NO3S/c1-2-3-12-19-31-23-18-11-10-17-22(23)26-28(21-15-8-5-9-16-21)25(29)24(27(30)32-26)20-13-6-4-7-14-20/h2,4-11,13-18H,1,3,12,19H2. The molecule has 32 heavy (non-hydrogen) atoms. The summed E-state index contributed by atoms with van der Waals surface area (Å²) in [5.41, 5.74) is 2.20. The summed E-state index contributed by atoms with van der Waals surface area (Å²) in [6.07, 6.45) is 3.55. The highest BCUT2D eigenvalue weighted by atomic mass is 32.1. The van der Waals surface area contributed by atoms with Gasteiger partial charge >= 0.3 is 0 Å². The number of nitrogens with zero attached hydrogens (tertiary/aromatic N) is 1. The van der Waals surface area contributed by atoms with Gasteiger partial charge in [-0.3, -0.25) is 4.79 Å². The lowest BCUT2D eigenvalue weighted by Gasteiger charge is -2.16. The molecule has 160 valence electrons. The fourth-order valence-corrected chi connectivity index (χ4v) is 4.53. The molecule has 0 saturated heterocycles. The van der Waals surface area contributed by atoms with Crippen LogP contribution in [0, 0.1) is 0 Å². The molecule has 0 aliphatic carbocycles. The summed E-state index contributed by atoms with van der Waals surface area (Å²) >= 11 is 1.06. The maximum absolute atomic E-state index is 13.7. The van der Waals surface area contributed by atoms with Crippen molar-refractivity contribution >= 4 is 11.3 Å². The highest BCUT2D eigenvalue weighted by molar-refractivity contribution is 7.12. The zero-order valence-corrected chi connectivity index (χ0v) is 18.4. The predicted octanol–water partition coefficient (Wildman–Crippen LogP) is 5.14. The molecule has 1 heterocycles. The second kappa shape index (κ2) is 10.1. The van der Waals surface area contributed by atoms with Crippen LogP contribution in [0.1, 0.15) is 12.8 Å². The van der Waals surface area contributed by atoms with Gasteiger partial charge in [-0.15, -0.1) is 6.58 Å². The molecule has 4 nitrogen and oxygen atoms in total. The first-order valence-electron chi connectivity index (χ1n) is 10.4. The number of aromatic nitrogens is 1. The Balaban J connectivity index is 1.93. The molecule has 0 aliphatic rings. The third-order valence-electron chi connectivity index (χ3n) is 5.02. The molecular formula is C27H23NO3S. The molecule has 4 aromatic rings. The molecule has 0 N–H and O–H groups in total. The Kier molecular flexibility index (Phi) is 6.78. The van der Waals surface area contributed by atoms with Gasteiger partial charge in [0.2, 0.25) is 5.69 Å². The van der Waals surface area contributed by atoms with Gasteiger partial charge in [0.1, 0.15) is 11.3 Å². The fourth-order valence-electron chi connectivity index (χ4n) is 3.49. The molecule has 1 aromatic heterocycles. The topological polar surface area (TPSA) is 53.2 Å². The number of hydrogen-bond acceptors (Lipinski definition) is 4. The van der Waals surface area contributed by atoms with Crippen LogP contribution >= 0.6 is 11.3 Å². The minimum atomic E-state index is -0.345. The van der Waals surface area contributed by atoms with Crippen LogP contribution in [0.2, 0.25) is 0 Å². The summed E-state index contributed by atoms with van der Waals surface area (Å²) in [5, 5.41) is 14.3. The van der Waals surface area contributed by atoms with E-state index >= 15 is 0 Å². The Hall–Kier alpha value is -3.70. The molecule has 0 fully saturated rings. The van der Waals surface area contributed by atoms with E-state index in [1.807, 2.05) is 78.9 Å². The summed E-state index contributed by atoms with van der Waals surface area (Å²) in [7, 11) is 0. The predicted molar refractivity (Wildman–Crippen MR) is 127 cm³/mol. The first-order valence-corrected chi connectivity index (χ1v) is 11.3. The first-order chi connectivity index (χ1) is 15.7. The molecule has 4 rings (SSSR count). The SMILES string of the molecule is C=CCCCOc1ccccc1-c1sc(=O)c(-c2ccccc2)c([O-])[n+]1-c1ccccc1. The lowest BCUT2D eigenvalue weighted by Crippen LogP contribution is -2.39. The highest BCUT2D eigenvalue weighted by Crippen LogP contribution is 2.33. The third kappa shape index (κ3) is 4.48. The molecule has 0 atom stereocenters. The number of hydrogen-bond donors (Lipinski definition) is 0. The van der Waals surface area contributed by atoms with E-state index in [1.54, 1.807) is 16.7 Å². The molecule has 0 saturated carbocycles. The maximum atomic E-state index is 13.7. The summed E-state index contributed by atoms with van der Waals surface area (Å²) in [4.78, 5) is 13.2. The van der Waals surface area contributed by atoms with Gasteiger partial charge in [0.25, 0.3) is 9.75 Å². The van der Waals surface area contributed by atoms with E-state index in [0.29, 0.717) is 34.2 Å². The first kappa shape index (κ1) is 21.5. The van der Waals surface area contributed by atoms with E-state index < -0.39 is 0 Å². The minimum Gasteiger partial charge on any atom is -0.822 e. The van der Waals surface area contributed by atoms with Crippen LogP contribution in [0.25, 0.3) is 27.4 Å². The zero-order valence-electron chi connectivity index (χ0n) is 17.6. The van der Waals surface area contributed by atoms with Crippen LogP contribution in [-0.4, -0.2) is 6.61 Å². The van der Waals surface area contributed by atoms with Gasteiger partial charge < -0.3 is 9.84 Å². The Bertz CT molecular complexity index is 1270. The minimum absolute atomic E-state index is 0.174. The monoisotopic (exact) mass is 441 g/mol. The number of para-hydroxylation sites is 2. The second-order valence-electron chi connectivity index (χ2n) is 7.19. The second-order valence-corrected chi connectivity index (χ2v) is 8.15. The van der Waals surface area contributed by atoms with Gasteiger partial charge in [0, 0.05) is 12.1 Å². The molecule has 0 radical (unpaired) electrons. The van der Waals surface area contributed by atoms with E-state index in [2.05, 4.69) is 6.58 Å². The van der Waals surface area contributed by atoms with Crippen molar-refractivity contribution in [1.82, 2.24) is 0 Å². The molecular weight excluding hydrogens is 418 g/mol. The molecule has 0 bridgehead atoms. The number of unbranched alkanes of at least 4 members (excludes halogenated alkanes) is 1. The van der Waals surface area contributed by atoms with E-state index in [4.69, 9.17) is 4.74 Å². The van der Waals surface area contributed by atoms with Crippen LogP contribution in [0.15, 0.2) is 102 Å². The van der Waals surface area contributed by atoms with Crippen LogP contribution in [0.4, 0.5) is 0 Å². The lowest BCUT2D eigenvalue weighted by atomic mass is 10.1. The number of benzene rings is 3. The smallest absolute Gasteiger partial charge is 0.281 e. The Morgan fingerprint density at radius 2 is 1.59 bits per heavy atom. The zero-order chi connectivity index (χ0) is 22.3. The molecule has 3 aromatic carbocycles. The average Bonchev–Trinajstić information content (AvgIpc) is 2.83. The highest BCUT2D eigenvalue weighted by Gasteiger charge is 2.26. The summed E-state index contributed by atoms with van der Waals surface area (Å²) in [5.74, 6) is 0.298. The van der Waals surface area contributed by atoms with Gasteiger partial charge in [0.05, 0.1) is 12.2 Å². The van der Waals surface area contributed by atoms with E-state index in [9.17, 15) is 9.90 Å². The Morgan fingerprint density at radius 3 is 2.31 bits per heavy atom. The molecule has 0 amide bonds. The Labute approximate surface area is 191 Å². The van der Waals surface area contributed by atoms with Crippen molar-refractivity contribution in [2.24, 2.45) is 0 Å². The van der Waals surface area contributed by atoms with E-state index in [-0.39, 0.29) is 16.2 Å². The van der Waals surface area contributed by atoms with Crippen molar-refractivity contribution in [1.29, 1.82) is 0 Å². The number of rotatable bonds is 8. The van der Waals surface area contributed by atoms with Crippen molar-refractivity contribution < 1.29 is 14.4 Å². The van der Waals surface area contributed by atoms with Gasteiger partial charge in [0.15, 0.2) is 5.88 Å². The molecule has 0 aliphatic heterocycles. The summed E-state index contributed by atoms with van der Waals surface area (Å²) in [6.45, 7) is 4.26. The van der Waals surface area contributed by atoms with Crippen molar-refractivity contribution in [3.05, 3.63) is 107 Å². The molecule has 5 heteroatoms. The summed E-state index contributed by atoms with van der Waals surface area (Å²) < 4.78 is 7.36. The van der Waals surface area contributed by atoms with Crippen LogP contribution in [0.5, 0.6) is 11.6 Å². The van der Waals surface area contributed by atoms with Crippen molar-refractivity contribution in [3.8, 4) is 39.0 Å². The van der Waals surface area contributed by atoms with Gasteiger partial charge in [-0.25, -0.2) is 0 Å². The van der Waals surface area contributed by atoms with Gasteiger partial charge in [-0.2, -0.15) is 4.57 Å². The van der Waals surface area contributed by atoms with E-state index in [0.717, 1.165) is 24.2 Å². The van der Waals surface area contributed by atoms with E-state index in [1.165, 1.54) is 0 Å². The van der Waals surface area contributed by atoms with Crippen molar-refractivity contribution in [2.45, 2.75) is 12.8 Å². The Morgan fingerprint density at radius 1 is 0.938 bits per heavy atom. The van der Waals surface area contributed by atoms with Crippen molar-refractivity contribution in [2.75, 3.05) is 6.61 Å². The normalized spacial score (nSPS) is 10.6. The van der Waals surface area contributed by atoms with Crippen LogP contribution < -0.4 is 19.2 Å². The van der Waals surface area contributed by atoms with Crippen LogP contribution in [0.3, 0.4) is 0 Å². The third-order valence-corrected chi connectivity index (χ3v) is 6.00. The molecule has 0 spiro atoms. The quantitative estimate of drug-likeness (QED) is 0.216. The number of ether oxygens (including phenoxy) is 1. The average molecular weight is 442 g/mol. The maximum Gasteiger partial charge on any atom is 0.281 e. The number of allylic oxidation sites excluding steroid dienone is 1. The summed E-state index contributed by atoms with van der Waals surface area (Å²) in [6, 6.07) is 26.0. The fraction of sp³-hybridized carbons (Fsp3) is 0.111. The lowest BCUT2D eigenvalue weighted by molar-refractivity contribution is -0.638. The van der Waals surface area contributed by atoms with Crippen LogP contribution in [-0.2, 0) is 0 Å².